The summed E-state index contributed by atoms with van der Waals surface area (Å²) < 4.78 is 159. The molecule has 6 atom stereocenters. The number of rotatable bonds is 28. The minimum absolute atomic E-state index is 0.0324. The maximum atomic E-state index is 12.7. The Hall–Kier alpha value is -4.85. The fourth-order valence-corrected chi connectivity index (χ4v) is 9.87. The number of alkyl halides is 3. The highest BCUT2D eigenvalue weighted by atomic mass is 32.2. The Bertz CT molecular complexity index is 2670. The number of aliphatic hydroxyl groups excluding tert-OH is 1. The second-order valence-electron chi connectivity index (χ2n) is 15.0. The number of aliphatic hydroxyl groups is 1. The van der Waals surface area contributed by atoms with Gasteiger partial charge in [-0.15, -0.1) is 0 Å². The first kappa shape index (κ1) is 71.2. The maximum Gasteiger partial charge on any atom is 0.523 e. The highest BCUT2D eigenvalue weighted by Gasteiger charge is 2.49. The number of hydrogen-bond acceptors (Lipinski definition) is 21. The molecule has 4 aromatic rings. The summed E-state index contributed by atoms with van der Waals surface area (Å²) in [5, 5.41) is 9.14. The molecule has 0 aliphatic heterocycles. The van der Waals surface area contributed by atoms with Crippen molar-refractivity contribution in [2.45, 2.75) is 78.6 Å². The summed E-state index contributed by atoms with van der Waals surface area (Å²) in [7, 11) is -22.5. The van der Waals surface area contributed by atoms with Gasteiger partial charge in [-0.25, -0.2) is 27.7 Å². The first-order chi connectivity index (χ1) is 36.4. The summed E-state index contributed by atoms with van der Waals surface area (Å²) in [5.41, 5.74) is -3.95. The molecule has 0 radical (unpaired) electrons. The van der Waals surface area contributed by atoms with E-state index in [0.29, 0.717) is 0 Å². The number of hydrogen-bond donors (Lipinski definition) is 4. The average molecular weight is 1210 g/mol. The van der Waals surface area contributed by atoms with Crippen LogP contribution in [0, 0.1) is 0 Å². The van der Waals surface area contributed by atoms with E-state index in [1.165, 1.54) is 45.0 Å². The van der Waals surface area contributed by atoms with Crippen molar-refractivity contribution in [3.63, 3.8) is 0 Å². The van der Waals surface area contributed by atoms with E-state index in [1.54, 1.807) is 50.2 Å². The normalized spacial score (nSPS) is 14.8. The molecular weight excluding hydrogens is 1150 g/mol. The molecule has 4 N–H and O–H groups in total. The number of esters is 3. The first-order valence-electron chi connectivity index (χ1n) is 22.8. The minimum atomic E-state index is -6.04. The van der Waals surface area contributed by atoms with Gasteiger partial charge in [-0.3, -0.25) is 22.7 Å². The van der Waals surface area contributed by atoms with Crippen LogP contribution in [0.4, 0.5) is 13.2 Å². The van der Waals surface area contributed by atoms with Gasteiger partial charge < -0.3 is 52.5 Å². The monoisotopic (exact) mass is 1210 g/mol. The Morgan fingerprint density at radius 1 is 0.526 bits per heavy atom. The largest absolute Gasteiger partial charge is 0.523 e. The van der Waals surface area contributed by atoms with Crippen molar-refractivity contribution in [3.8, 4) is 11.5 Å². The van der Waals surface area contributed by atoms with Gasteiger partial charge in [0, 0.05) is 0 Å². The molecule has 0 fully saturated rings. The predicted octanol–water partition coefficient (Wildman–Crippen LogP) is 8.88. The lowest BCUT2D eigenvalue weighted by Gasteiger charge is -2.22. The molecule has 438 valence electrons. The van der Waals surface area contributed by atoms with Crippen molar-refractivity contribution in [2.24, 2.45) is 0 Å². The lowest BCUT2D eigenvalue weighted by molar-refractivity contribution is -0.151. The van der Waals surface area contributed by atoms with Crippen molar-refractivity contribution in [2.75, 3.05) is 45.2 Å². The van der Waals surface area contributed by atoms with Gasteiger partial charge >= 0.3 is 63.9 Å². The molecule has 0 spiro atoms. The van der Waals surface area contributed by atoms with E-state index in [1.807, 2.05) is 60.7 Å². The summed E-state index contributed by atoms with van der Waals surface area (Å²) in [4.78, 5) is 60.8. The Morgan fingerprint density at radius 2 is 0.859 bits per heavy atom. The standard InChI is InChI=1S/C13H16F3O8PS.C13H19O6P.C12H17O6P.C8H11O4P/c1-3-21-12(17)10(2)23-25(18,24-11-7-5-4-6-8-11)9-22-26(19,20)13(14,15)16;1-3-18-13(14)11(2)19-20(15,16)10-17-9-12-7-5-4-6-8-12;1-3-16-12(14)10(2)17-19(15,9-13)18-11-7-5-4-6-8-11;9-13(10,11)7-12-6-8-4-2-1-3-5-8/h4-8,10H,3,9H2,1-2H3;4-8,11H,3,9-10H2,1-2H3,(H,15,16);4-8,10,13H,3,9H2,1-2H3;1-5H,6-7H2,(H2,9,10,11)/t10-,25?;11-;10-,19?;/m000./s1. The number of benzene rings is 4. The van der Waals surface area contributed by atoms with Crippen LogP contribution in [0.25, 0.3) is 0 Å². The Kier molecular flexibility index (Phi) is 32.6. The molecule has 4 rings (SSSR count). The van der Waals surface area contributed by atoms with E-state index < -0.39 is 108 Å². The van der Waals surface area contributed by atoms with Crippen LogP contribution in [0.15, 0.2) is 121 Å². The summed E-state index contributed by atoms with van der Waals surface area (Å²) in [5.74, 6) is -2.11. The second-order valence-corrected chi connectivity index (χ2v) is 23.8. The second kappa shape index (κ2) is 35.7. The molecule has 4 aromatic carbocycles. The number of ether oxygens (including phenoxy) is 5. The van der Waals surface area contributed by atoms with Gasteiger partial charge in [0.25, 0.3) is 0 Å². The van der Waals surface area contributed by atoms with Crippen molar-refractivity contribution in [1.82, 2.24) is 0 Å². The van der Waals surface area contributed by atoms with Gasteiger partial charge in [-0.2, -0.15) is 21.6 Å². The molecule has 0 saturated carbocycles. The summed E-state index contributed by atoms with van der Waals surface area (Å²) in [6.45, 7) is 9.41. The van der Waals surface area contributed by atoms with Crippen LogP contribution >= 0.6 is 30.4 Å². The van der Waals surface area contributed by atoms with Crippen molar-refractivity contribution in [3.05, 3.63) is 132 Å². The van der Waals surface area contributed by atoms with Gasteiger partial charge in [-0.1, -0.05) is 97.1 Å². The van der Waals surface area contributed by atoms with Gasteiger partial charge in [0.15, 0.2) is 31.0 Å². The Labute approximate surface area is 449 Å². The molecule has 0 aromatic heterocycles. The van der Waals surface area contributed by atoms with Crippen LogP contribution in [0.5, 0.6) is 11.5 Å². The third-order valence-corrected chi connectivity index (χ3v) is 14.2. The summed E-state index contributed by atoms with van der Waals surface area (Å²) in [6.07, 6.45) is -7.12. The van der Waals surface area contributed by atoms with E-state index in [9.17, 15) is 59.1 Å². The lowest BCUT2D eigenvalue weighted by atomic mass is 10.2. The molecule has 0 aliphatic rings. The maximum absolute atomic E-state index is 12.7. The SMILES string of the molecule is CCOC(=O)[C@H](C)OP(=O)(CO)Oc1ccccc1.CCOC(=O)[C@H](C)OP(=O)(COS(=O)(=O)C(F)(F)F)Oc1ccccc1.CCOC(=O)[C@H](C)OP(=O)(O)COCc1ccccc1.O=P(O)(O)COCc1ccccc1. The molecule has 78 heavy (non-hydrogen) atoms. The van der Waals surface area contributed by atoms with Gasteiger partial charge in [0.2, 0.25) is 0 Å². The Balaban J connectivity index is 0.000000533. The fourth-order valence-electron chi connectivity index (χ4n) is 5.02. The number of carbonyl (C=O) groups excluding carboxylic acids is 3. The predicted molar refractivity (Wildman–Crippen MR) is 273 cm³/mol. The highest BCUT2D eigenvalue weighted by Crippen LogP contribution is 2.51. The molecule has 0 aliphatic carbocycles. The molecule has 24 nitrogen and oxygen atoms in total. The quantitative estimate of drug-likeness (QED) is 0.0135. The topological polar surface area (TPSA) is 336 Å². The van der Waals surface area contributed by atoms with Gasteiger partial charge in [0.1, 0.15) is 24.2 Å². The molecule has 3 unspecified atom stereocenters. The smallest absolute Gasteiger partial charge is 0.464 e. The number of para-hydroxylation sites is 2. The van der Waals surface area contributed by atoms with E-state index in [2.05, 4.69) is 13.7 Å². The van der Waals surface area contributed by atoms with E-state index in [4.69, 9.17) is 51.7 Å². The van der Waals surface area contributed by atoms with Crippen LogP contribution in [0.1, 0.15) is 52.7 Å². The Morgan fingerprint density at radius 3 is 1.21 bits per heavy atom. The zero-order chi connectivity index (χ0) is 59.1. The molecule has 32 heteroatoms. The van der Waals surface area contributed by atoms with E-state index in [0.717, 1.165) is 18.1 Å². The van der Waals surface area contributed by atoms with Crippen molar-refractivity contribution >= 4 is 58.4 Å². The fraction of sp³-hybridized carbons (Fsp3) is 0.413. The van der Waals surface area contributed by atoms with Gasteiger partial charge in [0.05, 0.1) is 33.0 Å². The summed E-state index contributed by atoms with van der Waals surface area (Å²) >= 11 is 0. The van der Waals surface area contributed by atoms with E-state index in [-0.39, 0.29) is 44.5 Å². The van der Waals surface area contributed by atoms with E-state index >= 15 is 0 Å². The average Bonchev–Trinajstić information content (AvgIpc) is 3.37. The van der Waals surface area contributed by atoms with Crippen LogP contribution in [-0.4, -0.2) is 115 Å². The minimum Gasteiger partial charge on any atom is -0.464 e. The van der Waals surface area contributed by atoms with Crippen LogP contribution in [-0.2, 0) is 97.4 Å². The van der Waals surface area contributed by atoms with Crippen molar-refractivity contribution < 1.29 is 125 Å². The zero-order valence-corrected chi connectivity index (χ0v) is 47.3. The third kappa shape index (κ3) is 31.1. The first-order valence-corrected chi connectivity index (χ1v) is 31.2. The molecule has 0 heterocycles. The molecule has 0 amide bonds. The zero-order valence-electron chi connectivity index (χ0n) is 42.9. The lowest BCUT2D eigenvalue weighted by Crippen LogP contribution is -2.28. The molecule has 0 bridgehead atoms. The molecule has 0 saturated heterocycles. The number of carbonyl (C=O) groups is 3. The molecular formula is C46H63F3O24P4S. The third-order valence-electron chi connectivity index (χ3n) is 8.35. The van der Waals surface area contributed by atoms with Crippen molar-refractivity contribution in [1.29, 1.82) is 0 Å². The van der Waals surface area contributed by atoms with Crippen LogP contribution in [0.2, 0.25) is 0 Å². The van der Waals surface area contributed by atoms with Crippen LogP contribution in [0.3, 0.4) is 0 Å². The summed E-state index contributed by atoms with van der Waals surface area (Å²) in [6, 6.07) is 33.8. The van der Waals surface area contributed by atoms with Crippen LogP contribution < -0.4 is 9.05 Å². The van der Waals surface area contributed by atoms with Gasteiger partial charge in [-0.05, 0) is 76.9 Å². The highest BCUT2D eigenvalue weighted by molar-refractivity contribution is 7.87. The number of halogens is 3.